The third-order valence-corrected chi connectivity index (χ3v) is 10.5. The fourth-order valence-electron chi connectivity index (χ4n) is 9.12. The molecule has 0 radical (unpaired) electrons. The molecule has 26 heavy (non-hydrogen) atoms. The van der Waals surface area contributed by atoms with Crippen LogP contribution in [0.5, 0.6) is 0 Å². The topological polar surface area (TPSA) is 29.1 Å². The summed E-state index contributed by atoms with van der Waals surface area (Å²) in [6, 6.07) is 0.520. The van der Waals surface area contributed by atoms with E-state index in [0.29, 0.717) is 22.7 Å². The van der Waals surface area contributed by atoms with Crippen molar-refractivity contribution in [2.24, 2.45) is 33.5 Å². The summed E-state index contributed by atoms with van der Waals surface area (Å²) in [7, 11) is 2.10. The van der Waals surface area contributed by atoms with E-state index in [1.165, 1.54) is 50.5 Å². The van der Waals surface area contributed by atoms with Crippen molar-refractivity contribution < 1.29 is 4.79 Å². The SMILES string of the molecule is C=C1C2CC[C@@H]3[C@]4(CC[C@]5(C)/C(=C/C)C(=O)C[C@@]35C)C[C@]24CC[C@@H]1NC. The highest BCUT2D eigenvalue weighted by Gasteiger charge is 2.81. The molecule has 5 saturated carbocycles. The monoisotopic (exact) mass is 353 g/mol. The van der Waals surface area contributed by atoms with E-state index in [-0.39, 0.29) is 10.8 Å². The number of rotatable bonds is 1. The van der Waals surface area contributed by atoms with E-state index in [0.717, 1.165) is 23.8 Å². The molecule has 2 heteroatoms. The minimum absolute atomic E-state index is 0.102. The van der Waals surface area contributed by atoms with Crippen LogP contribution in [0.1, 0.15) is 72.1 Å². The fourth-order valence-corrected chi connectivity index (χ4v) is 9.12. The Labute approximate surface area is 158 Å². The van der Waals surface area contributed by atoms with Gasteiger partial charge in [-0.05, 0) is 92.6 Å². The average molecular weight is 354 g/mol. The van der Waals surface area contributed by atoms with E-state index in [4.69, 9.17) is 0 Å². The number of hydrogen-bond donors (Lipinski definition) is 1. The lowest BCUT2D eigenvalue weighted by molar-refractivity contribution is -0.118. The van der Waals surface area contributed by atoms with Gasteiger partial charge in [0.25, 0.3) is 0 Å². The zero-order valence-electron chi connectivity index (χ0n) is 17.1. The first-order valence-electron chi connectivity index (χ1n) is 10.9. The van der Waals surface area contributed by atoms with Gasteiger partial charge in [0, 0.05) is 17.9 Å². The molecule has 0 heterocycles. The molecule has 5 rings (SSSR count). The maximum atomic E-state index is 12.9. The summed E-state index contributed by atoms with van der Waals surface area (Å²) >= 11 is 0. The molecule has 0 aromatic heterocycles. The number of Topliss-reactive ketones (excluding diaryl/α,β-unsaturated/α-hetero) is 1. The van der Waals surface area contributed by atoms with E-state index in [9.17, 15) is 4.79 Å². The van der Waals surface area contributed by atoms with Crippen molar-refractivity contribution in [1.29, 1.82) is 0 Å². The van der Waals surface area contributed by atoms with Crippen LogP contribution in [0.15, 0.2) is 23.8 Å². The standard InChI is InChI=1S/C24H35NO/c1-6-16-19(26)13-22(4)20-8-7-17-15(2)18(25-5)9-10-23(17)14-24(20,23)12-11-21(16,22)3/h6,17-18,20,25H,2,7-14H2,1,3-5H3/b16-6+/t17?,18-,20-,21+,22-,23+,24-/m0/s1. The van der Waals surface area contributed by atoms with Crippen molar-refractivity contribution in [1.82, 2.24) is 5.32 Å². The summed E-state index contributed by atoms with van der Waals surface area (Å²) < 4.78 is 0. The van der Waals surface area contributed by atoms with Gasteiger partial charge >= 0.3 is 0 Å². The van der Waals surface area contributed by atoms with Gasteiger partial charge in [0.05, 0.1) is 0 Å². The van der Waals surface area contributed by atoms with Gasteiger partial charge in [-0.3, -0.25) is 4.79 Å². The Bertz CT molecular complexity index is 736. The summed E-state index contributed by atoms with van der Waals surface area (Å²) in [5, 5.41) is 3.51. The van der Waals surface area contributed by atoms with Crippen molar-refractivity contribution in [3.05, 3.63) is 23.8 Å². The van der Waals surface area contributed by atoms with Gasteiger partial charge in [-0.15, -0.1) is 0 Å². The maximum Gasteiger partial charge on any atom is 0.159 e. The van der Waals surface area contributed by atoms with Gasteiger partial charge < -0.3 is 5.32 Å². The molecule has 2 spiro atoms. The first-order valence-corrected chi connectivity index (χ1v) is 10.9. The van der Waals surface area contributed by atoms with E-state index >= 15 is 0 Å². The summed E-state index contributed by atoms with van der Waals surface area (Å²) in [6.07, 6.45) is 12.1. The molecule has 7 atom stereocenters. The van der Waals surface area contributed by atoms with Crippen LogP contribution in [0.2, 0.25) is 0 Å². The number of carbonyl (C=O) groups is 1. The van der Waals surface area contributed by atoms with Gasteiger partial charge in [0.1, 0.15) is 0 Å². The summed E-state index contributed by atoms with van der Waals surface area (Å²) in [4.78, 5) is 12.9. The van der Waals surface area contributed by atoms with Gasteiger partial charge in [-0.2, -0.15) is 0 Å². The Balaban J connectivity index is 1.56. The molecule has 5 fully saturated rings. The van der Waals surface area contributed by atoms with Crippen molar-refractivity contribution >= 4 is 5.78 Å². The molecule has 5 aliphatic rings. The van der Waals surface area contributed by atoms with Crippen LogP contribution in [-0.4, -0.2) is 18.9 Å². The third-order valence-electron chi connectivity index (χ3n) is 10.5. The zero-order chi connectivity index (χ0) is 18.5. The Morgan fingerprint density at radius 3 is 2.58 bits per heavy atom. The molecule has 1 unspecified atom stereocenters. The Hall–Kier alpha value is -0.890. The van der Waals surface area contributed by atoms with E-state index in [2.05, 4.69) is 45.8 Å². The largest absolute Gasteiger partial charge is 0.313 e. The molecule has 0 amide bonds. The second-order valence-corrected chi connectivity index (χ2v) is 10.7. The van der Waals surface area contributed by atoms with Gasteiger partial charge in [0.2, 0.25) is 0 Å². The normalized spacial score (nSPS) is 56.6. The second-order valence-electron chi connectivity index (χ2n) is 10.7. The molecule has 2 nitrogen and oxygen atoms in total. The molecular formula is C24H35NO. The molecule has 0 aliphatic heterocycles. The van der Waals surface area contributed by atoms with Crippen LogP contribution in [-0.2, 0) is 4.79 Å². The fraction of sp³-hybridized carbons (Fsp3) is 0.792. The predicted molar refractivity (Wildman–Crippen MR) is 106 cm³/mol. The number of ketones is 1. The van der Waals surface area contributed by atoms with Gasteiger partial charge in [-0.25, -0.2) is 0 Å². The van der Waals surface area contributed by atoms with Gasteiger partial charge in [-0.1, -0.05) is 32.1 Å². The van der Waals surface area contributed by atoms with Crippen molar-refractivity contribution in [2.45, 2.75) is 78.2 Å². The van der Waals surface area contributed by atoms with Crippen LogP contribution in [0.4, 0.5) is 0 Å². The summed E-state index contributed by atoms with van der Waals surface area (Å²) in [5.41, 5.74) is 3.94. The van der Waals surface area contributed by atoms with E-state index in [1.807, 2.05) is 0 Å². The highest BCUT2D eigenvalue weighted by atomic mass is 16.1. The zero-order valence-corrected chi connectivity index (χ0v) is 17.1. The first kappa shape index (κ1) is 17.2. The minimum atomic E-state index is 0.102. The number of likely N-dealkylation sites (N-methyl/N-ethyl adjacent to an activating group) is 1. The Morgan fingerprint density at radius 1 is 1.12 bits per heavy atom. The summed E-state index contributed by atoms with van der Waals surface area (Å²) in [5.74, 6) is 1.89. The number of allylic oxidation sites excluding steroid dienone is 2. The van der Waals surface area contributed by atoms with Crippen molar-refractivity contribution in [3.63, 3.8) is 0 Å². The maximum absolute atomic E-state index is 12.9. The molecule has 0 aromatic rings. The average Bonchev–Trinajstić information content (AvgIpc) is 3.21. The van der Waals surface area contributed by atoms with Crippen LogP contribution in [0, 0.1) is 33.5 Å². The molecular weight excluding hydrogens is 318 g/mol. The lowest BCUT2D eigenvalue weighted by Crippen LogP contribution is -2.54. The van der Waals surface area contributed by atoms with E-state index in [1.54, 1.807) is 0 Å². The summed E-state index contributed by atoms with van der Waals surface area (Å²) in [6.45, 7) is 11.5. The molecule has 142 valence electrons. The third kappa shape index (κ3) is 1.60. The van der Waals surface area contributed by atoms with Gasteiger partial charge in [0.15, 0.2) is 5.78 Å². The number of nitrogens with one attached hydrogen (secondary N) is 1. The highest BCUT2D eigenvalue weighted by Crippen LogP contribution is 2.87. The van der Waals surface area contributed by atoms with Crippen molar-refractivity contribution in [2.75, 3.05) is 7.05 Å². The second kappa shape index (κ2) is 4.93. The first-order chi connectivity index (χ1) is 12.3. The lowest BCUT2D eigenvalue weighted by atomic mass is 9.44. The van der Waals surface area contributed by atoms with E-state index < -0.39 is 0 Å². The molecule has 5 aliphatic carbocycles. The Morgan fingerprint density at radius 2 is 1.88 bits per heavy atom. The number of hydrogen-bond acceptors (Lipinski definition) is 2. The molecule has 0 saturated heterocycles. The highest BCUT2D eigenvalue weighted by molar-refractivity contribution is 6.00. The smallest absolute Gasteiger partial charge is 0.159 e. The van der Waals surface area contributed by atoms with Crippen molar-refractivity contribution in [3.8, 4) is 0 Å². The number of carbonyl (C=O) groups excluding carboxylic acids is 1. The van der Waals surface area contributed by atoms with Crippen LogP contribution in [0.3, 0.4) is 0 Å². The molecule has 1 N–H and O–H groups in total. The van der Waals surface area contributed by atoms with Crippen LogP contribution in [0.25, 0.3) is 0 Å². The molecule has 0 aromatic carbocycles. The quantitative estimate of drug-likeness (QED) is 0.528. The lowest BCUT2D eigenvalue weighted by Gasteiger charge is -2.60. The number of fused-ring (bicyclic) bond motifs is 2. The minimum Gasteiger partial charge on any atom is -0.313 e. The molecule has 0 bridgehead atoms. The van der Waals surface area contributed by atoms with Crippen LogP contribution >= 0.6 is 0 Å². The predicted octanol–water partition coefficient (Wildman–Crippen LogP) is 5.05. The Kier molecular flexibility index (Phi) is 3.27. The van der Waals surface area contributed by atoms with Crippen LogP contribution < -0.4 is 5.32 Å².